The molecule has 1 aliphatic rings. The van der Waals surface area contributed by atoms with Crippen molar-refractivity contribution in [2.45, 2.75) is 12.2 Å². The van der Waals surface area contributed by atoms with E-state index >= 15 is 0 Å². The Labute approximate surface area is 91.4 Å². The van der Waals surface area contributed by atoms with Gasteiger partial charge in [0.2, 0.25) is 0 Å². The molecule has 0 bridgehead atoms. The highest BCUT2D eigenvalue weighted by Gasteiger charge is 2.30. The third kappa shape index (κ3) is 2.54. The first-order valence-corrected chi connectivity index (χ1v) is 5.05. The van der Waals surface area contributed by atoms with Gasteiger partial charge in [0.1, 0.15) is 0 Å². The minimum Gasteiger partial charge on any atom is -0.378 e. The molecule has 1 N–H and O–H groups in total. The van der Waals surface area contributed by atoms with Crippen molar-refractivity contribution < 1.29 is 17.9 Å². The van der Waals surface area contributed by atoms with Crippen LogP contribution < -0.4 is 5.32 Å². The lowest BCUT2D eigenvalue weighted by Gasteiger charge is -2.24. The highest BCUT2D eigenvalue weighted by Crippen LogP contribution is 2.30. The molecule has 5 heteroatoms. The Kier molecular flexibility index (Phi) is 3.16. The number of rotatable bonds is 1. The van der Waals surface area contributed by atoms with Crippen LogP contribution in [-0.2, 0) is 10.9 Å². The molecule has 0 amide bonds. The van der Waals surface area contributed by atoms with Crippen LogP contribution in [0.4, 0.5) is 13.2 Å². The summed E-state index contributed by atoms with van der Waals surface area (Å²) in [4.78, 5) is 0. The van der Waals surface area contributed by atoms with Crippen molar-refractivity contribution in [1.29, 1.82) is 0 Å². The van der Waals surface area contributed by atoms with Crippen LogP contribution in [0.1, 0.15) is 17.2 Å². The van der Waals surface area contributed by atoms with Gasteiger partial charge in [0.15, 0.2) is 0 Å². The van der Waals surface area contributed by atoms with Gasteiger partial charge in [-0.3, -0.25) is 0 Å². The summed E-state index contributed by atoms with van der Waals surface area (Å²) < 4.78 is 42.2. The molecule has 1 aromatic rings. The number of ether oxygens (including phenoxy) is 1. The SMILES string of the molecule is FC(F)(F)c1ccc([C@@H]2COCCN2)cc1. The van der Waals surface area contributed by atoms with Crippen LogP contribution in [0.15, 0.2) is 24.3 Å². The third-order valence-electron chi connectivity index (χ3n) is 2.56. The summed E-state index contributed by atoms with van der Waals surface area (Å²) in [6, 6.07) is 5.19. The maximum absolute atomic E-state index is 12.3. The van der Waals surface area contributed by atoms with Gasteiger partial charge < -0.3 is 10.1 Å². The zero-order chi connectivity index (χ0) is 11.6. The van der Waals surface area contributed by atoms with Crippen molar-refractivity contribution >= 4 is 0 Å². The van der Waals surface area contributed by atoms with E-state index in [1.54, 1.807) is 0 Å². The van der Waals surface area contributed by atoms with Crippen LogP contribution in [0.5, 0.6) is 0 Å². The van der Waals surface area contributed by atoms with Gasteiger partial charge in [0, 0.05) is 6.54 Å². The smallest absolute Gasteiger partial charge is 0.378 e. The van der Waals surface area contributed by atoms with Gasteiger partial charge in [-0.1, -0.05) is 12.1 Å². The van der Waals surface area contributed by atoms with Crippen LogP contribution in [0.3, 0.4) is 0 Å². The molecule has 88 valence electrons. The van der Waals surface area contributed by atoms with Crippen molar-refractivity contribution in [3.63, 3.8) is 0 Å². The molecule has 1 fully saturated rings. The molecule has 16 heavy (non-hydrogen) atoms. The van der Waals surface area contributed by atoms with Crippen molar-refractivity contribution in [2.24, 2.45) is 0 Å². The second-order valence-electron chi connectivity index (χ2n) is 3.70. The topological polar surface area (TPSA) is 21.3 Å². The Morgan fingerprint density at radius 1 is 1.19 bits per heavy atom. The number of nitrogens with one attached hydrogen (secondary N) is 1. The average molecular weight is 231 g/mol. The first-order chi connectivity index (χ1) is 7.57. The summed E-state index contributed by atoms with van der Waals surface area (Å²) in [5.74, 6) is 0. The molecule has 0 aliphatic carbocycles. The zero-order valence-corrected chi connectivity index (χ0v) is 8.55. The summed E-state index contributed by atoms with van der Waals surface area (Å²) in [5, 5.41) is 3.19. The van der Waals surface area contributed by atoms with E-state index in [2.05, 4.69) is 5.32 Å². The number of hydrogen-bond donors (Lipinski definition) is 1. The van der Waals surface area contributed by atoms with E-state index in [0.29, 0.717) is 13.2 Å². The minimum absolute atomic E-state index is 0.00367. The maximum atomic E-state index is 12.3. The fourth-order valence-electron chi connectivity index (χ4n) is 1.68. The number of hydrogen-bond acceptors (Lipinski definition) is 2. The molecule has 1 aliphatic heterocycles. The molecule has 1 atom stereocenters. The van der Waals surface area contributed by atoms with Crippen LogP contribution in [0.2, 0.25) is 0 Å². The normalized spacial score (nSPS) is 22.1. The standard InChI is InChI=1S/C11H12F3NO/c12-11(13,14)9-3-1-8(2-4-9)10-7-16-6-5-15-10/h1-4,10,15H,5-7H2/t10-/m0/s1. The van der Waals surface area contributed by atoms with E-state index in [4.69, 9.17) is 4.74 Å². The lowest BCUT2D eigenvalue weighted by atomic mass is 10.0. The van der Waals surface area contributed by atoms with Crippen LogP contribution in [0, 0.1) is 0 Å². The van der Waals surface area contributed by atoms with Crippen molar-refractivity contribution in [1.82, 2.24) is 5.32 Å². The fourth-order valence-corrected chi connectivity index (χ4v) is 1.68. The second-order valence-corrected chi connectivity index (χ2v) is 3.70. The van der Waals surface area contributed by atoms with E-state index in [9.17, 15) is 13.2 Å². The van der Waals surface area contributed by atoms with Crippen LogP contribution in [-0.4, -0.2) is 19.8 Å². The largest absolute Gasteiger partial charge is 0.416 e. The molecular weight excluding hydrogens is 219 g/mol. The highest BCUT2D eigenvalue weighted by atomic mass is 19.4. The van der Waals surface area contributed by atoms with Crippen molar-refractivity contribution in [2.75, 3.05) is 19.8 Å². The predicted molar refractivity (Wildman–Crippen MR) is 53.0 cm³/mol. The van der Waals surface area contributed by atoms with E-state index in [-0.39, 0.29) is 6.04 Å². The van der Waals surface area contributed by atoms with Crippen molar-refractivity contribution in [3.05, 3.63) is 35.4 Å². The minimum atomic E-state index is -4.27. The molecule has 0 aromatic heterocycles. The van der Waals surface area contributed by atoms with Gasteiger partial charge in [-0.15, -0.1) is 0 Å². The number of halogens is 3. The molecule has 2 nitrogen and oxygen atoms in total. The summed E-state index contributed by atoms with van der Waals surface area (Å²) in [5.41, 5.74) is 0.209. The lowest BCUT2D eigenvalue weighted by molar-refractivity contribution is -0.137. The summed E-state index contributed by atoms with van der Waals surface area (Å²) in [7, 11) is 0. The molecule has 0 radical (unpaired) electrons. The molecule has 1 aromatic carbocycles. The third-order valence-corrected chi connectivity index (χ3v) is 2.56. The van der Waals surface area contributed by atoms with Gasteiger partial charge in [-0.2, -0.15) is 13.2 Å². The summed E-state index contributed by atoms with van der Waals surface area (Å²) in [6.07, 6.45) is -4.27. The highest BCUT2D eigenvalue weighted by molar-refractivity contribution is 5.27. The number of benzene rings is 1. The van der Waals surface area contributed by atoms with Gasteiger partial charge in [0.25, 0.3) is 0 Å². The van der Waals surface area contributed by atoms with Crippen molar-refractivity contribution in [3.8, 4) is 0 Å². The Morgan fingerprint density at radius 2 is 1.88 bits per heavy atom. The first-order valence-electron chi connectivity index (χ1n) is 5.05. The second kappa shape index (κ2) is 4.43. The molecule has 1 heterocycles. The molecule has 0 unspecified atom stereocenters. The molecule has 1 saturated heterocycles. The van der Waals surface area contributed by atoms with Crippen LogP contribution in [0.25, 0.3) is 0 Å². The molecule has 0 saturated carbocycles. The van der Waals surface area contributed by atoms with E-state index in [0.717, 1.165) is 24.2 Å². The predicted octanol–water partition coefficient (Wildman–Crippen LogP) is 2.37. The molecule has 0 spiro atoms. The van der Waals surface area contributed by atoms with E-state index in [1.165, 1.54) is 12.1 Å². The maximum Gasteiger partial charge on any atom is 0.416 e. The molecule has 2 rings (SSSR count). The van der Waals surface area contributed by atoms with Gasteiger partial charge >= 0.3 is 6.18 Å². The average Bonchev–Trinajstić information content (AvgIpc) is 2.29. The van der Waals surface area contributed by atoms with Gasteiger partial charge in [-0.25, -0.2) is 0 Å². The Morgan fingerprint density at radius 3 is 2.38 bits per heavy atom. The summed E-state index contributed by atoms with van der Waals surface area (Å²) >= 11 is 0. The quantitative estimate of drug-likeness (QED) is 0.801. The van der Waals surface area contributed by atoms with Gasteiger partial charge in [0.05, 0.1) is 24.8 Å². The number of morpholine rings is 1. The monoisotopic (exact) mass is 231 g/mol. The Bertz CT molecular complexity index is 341. The zero-order valence-electron chi connectivity index (χ0n) is 8.55. The fraction of sp³-hybridized carbons (Fsp3) is 0.455. The molecular formula is C11H12F3NO. The summed E-state index contributed by atoms with van der Waals surface area (Å²) in [6.45, 7) is 1.88. The van der Waals surface area contributed by atoms with E-state index in [1.807, 2.05) is 0 Å². The van der Waals surface area contributed by atoms with Gasteiger partial charge in [-0.05, 0) is 17.7 Å². The van der Waals surface area contributed by atoms with E-state index < -0.39 is 11.7 Å². The number of alkyl halides is 3. The first kappa shape index (κ1) is 11.4. The Hall–Kier alpha value is -1.07. The Balaban J connectivity index is 2.12. The lowest BCUT2D eigenvalue weighted by Crippen LogP contribution is -2.34. The van der Waals surface area contributed by atoms with Crippen LogP contribution >= 0.6 is 0 Å².